The number of hydrogen-bond acceptors (Lipinski definition) is 2. The van der Waals surface area contributed by atoms with Gasteiger partial charge in [0.2, 0.25) is 11.8 Å². The summed E-state index contributed by atoms with van der Waals surface area (Å²) in [6.45, 7) is 3.42. The zero-order chi connectivity index (χ0) is 11.6. The van der Waals surface area contributed by atoms with Crippen molar-refractivity contribution in [3.8, 4) is 0 Å². The lowest BCUT2D eigenvalue weighted by atomic mass is 9.96. The average molecular weight is 224 g/mol. The first-order valence-corrected chi connectivity index (χ1v) is 6.28. The van der Waals surface area contributed by atoms with Crippen molar-refractivity contribution in [1.29, 1.82) is 0 Å². The Bertz CT molecular complexity index is 295. The third-order valence-corrected chi connectivity index (χ3v) is 3.63. The minimum atomic E-state index is -0.553. The molecular formula is C12H20N2O2. The Morgan fingerprint density at radius 2 is 2.00 bits per heavy atom. The Labute approximate surface area is 96.4 Å². The number of nitrogens with one attached hydrogen (secondary N) is 1. The van der Waals surface area contributed by atoms with Gasteiger partial charge in [0.1, 0.15) is 5.54 Å². The van der Waals surface area contributed by atoms with E-state index in [1.165, 1.54) is 0 Å². The molecule has 0 radical (unpaired) electrons. The van der Waals surface area contributed by atoms with E-state index in [1.807, 2.05) is 4.90 Å². The fraction of sp³-hybridized carbons (Fsp3) is 0.833. The molecule has 0 atom stereocenters. The monoisotopic (exact) mass is 224 g/mol. The summed E-state index contributed by atoms with van der Waals surface area (Å²) in [6, 6.07) is 0. The standard InChI is InChI=1S/C12H20N2O2/c1-2-8-14-9-5-10(15)13-12(11(14)16)6-3-4-7-12/h2-9H2,1H3,(H,13,15). The largest absolute Gasteiger partial charge is 0.342 e. The number of nitrogens with zero attached hydrogens (tertiary/aromatic N) is 1. The van der Waals surface area contributed by atoms with Crippen molar-refractivity contribution in [2.24, 2.45) is 0 Å². The summed E-state index contributed by atoms with van der Waals surface area (Å²) >= 11 is 0. The Morgan fingerprint density at radius 3 is 2.62 bits per heavy atom. The highest BCUT2D eigenvalue weighted by Gasteiger charge is 2.45. The molecule has 1 heterocycles. The Hall–Kier alpha value is -1.06. The molecule has 2 amide bonds. The van der Waals surface area contributed by atoms with Gasteiger partial charge in [-0.1, -0.05) is 19.8 Å². The van der Waals surface area contributed by atoms with Gasteiger partial charge in [0.15, 0.2) is 0 Å². The van der Waals surface area contributed by atoms with Crippen molar-refractivity contribution in [1.82, 2.24) is 10.2 Å². The van der Waals surface area contributed by atoms with Crippen LogP contribution in [0.1, 0.15) is 45.4 Å². The second-order valence-corrected chi connectivity index (χ2v) is 4.88. The average Bonchev–Trinajstić information content (AvgIpc) is 2.68. The molecule has 1 spiro atoms. The minimum Gasteiger partial charge on any atom is -0.342 e. The molecular weight excluding hydrogens is 204 g/mol. The molecule has 0 bridgehead atoms. The van der Waals surface area contributed by atoms with E-state index in [0.29, 0.717) is 13.0 Å². The predicted octanol–water partition coefficient (Wildman–Crippen LogP) is 1.06. The van der Waals surface area contributed by atoms with Crippen LogP contribution in [0, 0.1) is 0 Å². The fourth-order valence-corrected chi connectivity index (χ4v) is 2.82. The van der Waals surface area contributed by atoms with Crippen molar-refractivity contribution < 1.29 is 9.59 Å². The maximum Gasteiger partial charge on any atom is 0.248 e. The summed E-state index contributed by atoms with van der Waals surface area (Å²) < 4.78 is 0. The number of hydrogen-bond donors (Lipinski definition) is 1. The number of carbonyl (C=O) groups is 2. The predicted molar refractivity (Wildman–Crippen MR) is 60.8 cm³/mol. The van der Waals surface area contributed by atoms with E-state index in [2.05, 4.69) is 12.2 Å². The highest BCUT2D eigenvalue weighted by Crippen LogP contribution is 2.32. The molecule has 4 heteroatoms. The second-order valence-electron chi connectivity index (χ2n) is 4.88. The van der Waals surface area contributed by atoms with Crippen molar-refractivity contribution in [3.05, 3.63) is 0 Å². The van der Waals surface area contributed by atoms with Crippen LogP contribution in [0.15, 0.2) is 0 Å². The van der Waals surface area contributed by atoms with Crippen molar-refractivity contribution in [3.63, 3.8) is 0 Å². The smallest absolute Gasteiger partial charge is 0.248 e. The molecule has 1 saturated heterocycles. The maximum atomic E-state index is 12.4. The molecule has 4 nitrogen and oxygen atoms in total. The molecule has 1 saturated carbocycles. The lowest BCUT2D eigenvalue weighted by Crippen LogP contribution is -2.55. The normalized spacial score (nSPS) is 24.7. The molecule has 16 heavy (non-hydrogen) atoms. The summed E-state index contributed by atoms with van der Waals surface area (Å²) in [5.74, 6) is 0.187. The third kappa shape index (κ3) is 1.93. The molecule has 0 aromatic carbocycles. The Morgan fingerprint density at radius 1 is 1.31 bits per heavy atom. The van der Waals surface area contributed by atoms with Gasteiger partial charge in [0.05, 0.1) is 0 Å². The van der Waals surface area contributed by atoms with Crippen molar-refractivity contribution in [2.75, 3.05) is 13.1 Å². The van der Waals surface area contributed by atoms with Gasteiger partial charge in [0, 0.05) is 19.5 Å². The zero-order valence-electron chi connectivity index (χ0n) is 9.92. The van der Waals surface area contributed by atoms with Crippen LogP contribution in [0.5, 0.6) is 0 Å². The van der Waals surface area contributed by atoms with E-state index in [0.717, 1.165) is 38.6 Å². The molecule has 2 aliphatic rings. The second kappa shape index (κ2) is 4.44. The first-order valence-electron chi connectivity index (χ1n) is 6.28. The zero-order valence-corrected chi connectivity index (χ0v) is 9.92. The first-order chi connectivity index (χ1) is 7.68. The van der Waals surface area contributed by atoms with Crippen LogP contribution < -0.4 is 5.32 Å². The van der Waals surface area contributed by atoms with Crippen LogP contribution in [0.3, 0.4) is 0 Å². The molecule has 1 aliphatic heterocycles. The number of carbonyl (C=O) groups excluding carboxylic acids is 2. The van der Waals surface area contributed by atoms with Crippen LogP contribution in [0.25, 0.3) is 0 Å². The minimum absolute atomic E-state index is 0.0360. The quantitative estimate of drug-likeness (QED) is 0.762. The van der Waals surface area contributed by atoms with E-state index in [9.17, 15) is 9.59 Å². The van der Waals surface area contributed by atoms with Crippen LogP contribution in [-0.2, 0) is 9.59 Å². The topological polar surface area (TPSA) is 49.4 Å². The summed E-state index contributed by atoms with van der Waals surface area (Å²) in [5, 5.41) is 2.96. The number of amides is 2. The van der Waals surface area contributed by atoms with Crippen molar-refractivity contribution in [2.45, 2.75) is 51.0 Å². The van der Waals surface area contributed by atoms with Gasteiger partial charge in [-0.25, -0.2) is 0 Å². The lowest BCUT2D eigenvalue weighted by Gasteiger charge is -2.31. The van der Waals surface area contributed by atoms with Crippen molar-refractivity contribution >= 4 is 11.8 Å². The lowest BCUT2D eigenvalue weighted by molar-refractivity contribution is -0.138. The summed E-state index contributed by atoms with van der Waals surface area (Å²) in [4.78, 5) is 25.9. The molecule has 90 valence electrons. The maximum absolute atomic E-state index is 12.4. The molecule has 2 rings (SSSR count). The van der Waals surface area contributed by atoms with E-state index >= 15 is 0 Å². The van der Waals surface area contributed by atoms with E-state index in [4.69, 9.17) is 0 Å². The Balaban J connectivity index is 2.21. The van der Waals surface area contributed by atoms with Crippen LogP contribution >= 0.6 is 0 Å². The SMILES string of the molecule is CCCN1CCC(=O)NC2(CCCC2)C1=O. The van der Waals surface area contributed by atoms with Gasteiger partial charge in [-0.15, -0.1) is 0 Å². The van der Waals surface area contributed by atoms with Gasteiger partial charge in [0.25, 0.3) is 0 Å². The van der Waals surface area contributed by atoms with Gasteiger partial charge >= 0.3 is 0 Å². The number of rotatable bonds is 2. The highest BCUT2D eigenvalue weighted by molar-refractivity contribution is 5.93. The fourth-order valence-electron chi connectivity index (χ4n) is 2.82. The summed E-state index contributed by atoms with van der Waals surface area (Å²) in [6.07, 6.45) is 5.14. The van der Waals surface area contributed by atoms with E-state index in [-0.39, 0.29) is 11.8 Å². The van der Waals surface area contributed by atoms with E-state index < -0.39 is 5.54 Å². The summed E-state index contributed by atoms with van der Waals surface area (Å²) in [7, 11) is 0. The molecule has 2 fully saturated rings. The van der Waals surface area contributed by atoms with Gasteiger partial charge in [-0.05, 0) is 19.3 Å². The first kappa shape index (κ1) is 11.4. The van der Waals surface area contributed by atoms with Crippen LogP contribution in [-0.4, -0.2) is 35.3 Å². The van der Waals surface area contributed by atoms with E-state index in [1.54, 1.807) is 0 Å². The molecule has 0 aromatic heterocycles. The molecule has 0 unspecified atom stereocenters. The van der Waals surface area contributed by atoms with Gasteiger partial charge in [-0.2, -0.15) is 0 Å². The van der Waals surface area contributed by atoms with Gasteiger partial charge < -0.3 is 10.2 Å². The molecule has 0 aromatic rings. The third-order valence-electron chi connectivity index (χ3n) is 3.63. The summed E-state index contributed by atoms with van der Waals surface area (Å²) in [5.41, 5.74) is -0.553. The van der Waals surface area contributed by atoms with Gasteiger partial charge in [-0.3, -0.25) is 9.59 Å². The molecule has 1 N–H and O–H groups in total. The van der Waals surface area contributed by atoms with Crippen LogP contribution in [0.2, 0.25) is 0 Å². The Kier molecular flexibility index (Phi) is 3.17. The molecule has 1 aliphatic carbocycles. The van der Waals surface area contributed by atoms with Crippen LogP contribution in [0.4, 0.5) is 0 Å². The highest BCUT2D eigenvalue weighted by atomic mass is 16.2.